The molecule has 0 radical (unpaired) electrons. The van der Waals surface area contributed by atoms with Gasteiger partial charge >= 0.3 is 0 Å². The average Bonchev–Trinajstić information content (AvgIpc) is 2.32. The average molecular weight is 368 g/mol. The molecular weight excluding hydrogens is 352 g/mol. The normalized spacial score (nSPS) is 24.4. The van der Waals surface area contributed by atoms with E-state index in [1.165, 1.54) is 6.07 Å². The van der Waals surface area contributed by atoms with Crippen LogP contribution in [-0.4, -0.2) is 20.5 Å². The number of halogens is 2. The fourth-order valence-electron chi connectivity index (χ4n) is 2.31. The van der Waals surface area contributed by atoms with E-state index in [1.54, 1.807) is 12.1 Å². The maximum absolute atomic E-state index is 12.3. The first kappa shape index (κ1) is 15.3. The minimum atomic E-state index is -3.60. The quantitative estimate of drug-likeness (QED) is 0.862. The summed E-state index contributed by atoms with van der Waals surface area (Å²) in [5.41, 5.74) is 5.87. The van der Waals surface area contributed by atoms with Crippen molar-refractivity contribution in [3.8, 4) is 0 Å². The summed E-state index contributed by atoms with van der Waals surface area (Å²) in [6.07, 6.45) is 3.39. The van der Waals surface area contributed by atoms with Gasteiger partial charge in [-0.3, -0.25) is 0 Å². The lowest BCUT2D eigenvalue weighted by Crippen LogP contribution is -2.42. The zero-order valence-corrected chi connectivity index (χ0v) is 13.4. The fourth-order valence-corrected chi connectivity index (χ4v) is 4.62. The highest BCUT2D eigenvalue weighted by Crippen LogP contribution is 2.30. The van der Waals surface area contributed by atoms with Gasteiger partial charge in [0.1, 0.15) is 4.90 Å². The number of benzene rings is 1. The molecule has 2 atom stereocenters. The van der Waals surface area contributed by atoms with E-state index < -0.39 is 10.0 Å². The van der Waals surface area contributed by atoms with Crippen molar-refractivity contribution in [3.05, 3.63) is 27.7 Å². The van der Waals surface area contributed by atoms with Crippen LogP contribution in [0.5, 0.6) is 0 Å². The van der Waals surface area contributed by atoms with Gasteiger partial charge in [-0.25, -0.2) is 13.1 Å². The Hall–Kier alpha value is -0.140. The molecule has 1 aromatic carbocycles. The number of nitrogens with two attached hydrogens (primary N) is 1. The molecule has 0 saturated heterocycles. The van der Waals surface area contributed by atoms with Crippen LogP contribution in [0.3, 0.4) is 0 Å². The van der Waals surface area contributed by atoms with Crippen molar-refractivity contribution in [2.75, 3.05) is 0 Å². The molecule has 7 heteroatoms. The van der Waals surface area contributed by atoms with E-state index in [1.807, 2.05) is 0 Å². The summed E-state index contributed by atoms with van der Waals surface area (Å²) in [5.74, 6) is 0. The molecule has 1 aliphatic rings. The van der Waals surface area contributed by atoms with Crippen LogP contribution >= 0.6 is 27.5 Å². The Balaban J connectivity index is 2.20. The van der Waals surface area contributed by atoms with Crippen LogP contribution in [0.15, 0.2) is 27.6 Å². The topological polar surface area (TPSA) is 72.2 Å². The molecule has 3 N–H and O–H groups in total. The third kappa shape index (κ3) is 3.70. The highest BCUT2D eigenvalue weighted by Gasteiger charge is 2.26. The van der Waals surface area contributed by atoms with Gasteiger partial charge in [-0.15, -0.1) is 0 Å². The maximum Gasteiger partial charge on any atom is 0.242 e. The Morgan fingerprint density at radius 2 is 2.11 bits per heavy atom. The van der Waals surface area contributed by atoms with E-state index in [0.29, 0.717) is 10.9 Å². The summed E-state index contributed by atoms with van der Waals surface area (Å²) in [6, 6.07) is 4.82. The summed E-state index contributed by atoms with van der Waals surface area (Å²) in [4.78, 5) is 0.0997. The lowest BCUT2D eigenvalue weighted by atomic mass is 9.92. The largest absolute Gasteiger partial charge is 0.328 e. The van der Waals surface area contributed by atoms with Gasteiger partial charge in [0.15, 0.2) is 0 Å². The Morgan fingerprint density at radius 1 is 1.37 bits per heavy atom. The third-order valence-corrected chi connectivity index (χ3v) is 6.21. The minimum absolute atomic E-state index is 0.0689. The van der Waals surface area contributed by atoms with Crippen LogP contribution in [0.2, 0.25) is 5.02 Å². The molecule has 1 fully saturated rings. The summed E-state index contributed by atoms with van der Waals surface area (Å²) < 4.78 is 27.9. The molecule has 0 heterocycles. The molecule has 2 unspecified atom stereocenters. The minimum Gasteiger partial charge on any atom is -0.328 e. The molecule has 0 bridgehead atoms. The van der Waals surface area contributed by atoms with Crippen LogP contribution in [0.4, 0.5) is 0 Å². The van der Waals surface area contributed by atoms with Crippen molar-refractivity contribution < 1.29 is 8.42 Å². The molecule has 0 amide bonds. The number of hydrogen-bond acceptors (Lipinski definition) is 3. The molecule has 4 nitrogen and oxygen atoms in total. The van der Waals surface area contributed by atoms with E-state index in [-0.39, 0.29) is 22.0 Å². The monoisotopic (exact) mass is 366 g/mol. The van der Waals surface area contributed by atoms with Gasteiger partial charge in [0.2, 0.25) is 10.0 Å². The molecule has 0 aliphatic heterocycles. The zero-order valence-electron chi connectivity index (χ0n) is 10.3. The number of rotatable bonds is 3. The molecule has 1 aliphatic carbocycles. The van der Waals surface area contributed by atoms with Crippen LogP contribution in [0.25, 0.3) is 0 Å². The first-order valence-corrected chi connectivity index (χ1v) is 8.77. The fraction of sp³-hybridized carbons (Fsp3) is 0.500. The van der Waals surface area contributed by atoms with Crippen LogP contribution < -0.4 is 10.5 Å². The maximum atomic E-state index is 12.3. The molecule has 2 rings (SSSR count). The van der Waals surface area contributed by atoms with Gasteiger partial charge in [-0.1, -0.05) is 24.1 Å². The van der Waals surface area contributed by atoms with Gasteiger partial charge in [0, 0.05) is 16.6 Å². The van der Waals surface area contributed by atoms with E-state index in [0.717, 1.165) is 19.3 Å². The summed E-state index contributed by atoms with van der Waals surface area (Å²) in [6.45, 7) is 0. The SMILES string of the molecule is NC1CCCC(NS(=O)(=O)c2cccc(Br)c2Cl)C1. The number of sulfonamides is 1. The Morgan fingerprint density at radius 3 is 2.79 bits per heavy atom. The van der Waals surface area contributed by atoms with Crippen molar-refractivity contribution in [3.63, 3.8) is 0 Å². The lowest BCUT2D eigenvalue weighted by Gasteiger charge is -2.27. The van der Waals surface area contributed by atoms with Crippen molar-refractivity contribution in [2.45, 2.75) is 42.7 Å². The molecule has 1 aromatic rings. The van der Waals surface area contributed by atoms with Gasteiger partial charge in [0.05, 0.1) is 5.02 Å². The van der Waals surface area contributed by atoms with Crippen LogP contribution in [0.1, 0.15) is 25.7 Å². The summed E-state index contributed by atoms with van der Waals surface area (Å²) >= 11 is 9.26. The van der Waals surface area contributed by atoms with Crippen molar-refractivity contribution in [1.29, 1.82) is 0 Å². The van der Waals surface area contributed by atoms with E-state index in [2.05, 4.69) is 20.7 Å². The lowest BCUT2D eigenvalue weighted by molar-refractivity contribution is 0.371. The van der Waals surface area contributed by atoms with Crippen molar-refractivity contribution >= 4 is 37.6 Å². The Kier molecular flexibility index (Phi) is 4.89. The number of nitrogens with one attached hydrogen (secondary N) is 1. The van der Waals surface area contributed by atoms with Gasteiger partial charge < -0.3 is 5.73 Å². The molecule has 1 saturated carbocycles. The molecule has 106 valence electrons. The van der Waals surface area contributed by atoms with E-state index >= 15 is 0 Å². The van der Waals surface area contributed by atoms with Gasteiger partial charge in [0.25, 0.3) is 0 Å². The van der Waals surface area contributed by atoms with Gasteiger partial charge in [-0.05, 0) is 47.3 Å². The second-order valence-electron chi connectivity index (χ2n) is 4.80. The third-order valence-electron chi connectivity index (χ3n) is 3.24. The van der Waals surface area contributed by atoms with Gasteiger partial charge in [-0.2, -0.15) is 0 Å². The zero-order chi connectivity index (χ0) is 14.0. The molecule has 0 aromatic heterocycles. The van der Waals surface area contributed by atoms with Crippen molar-refractivity contribution in [2.24, 2.45) is 5.73 Å². The highest BCUT2D eigenvalue weighted by molar-refractivity contribution is 9.10. The summed E-state index contributed by atoms with van der Waals surface area (Å²) in [5, 5.41) is 0.204. The standard InChI is InChI=1S/C12H16BrClN2O2S/c13-10-5-2-6-11(12(10)14)19(17,18)16-9-4-1-3-8(15)7-9/h2,5-6,8-9,16H,1,3-4,7,15H2. The second-order valence-corrected chi connectivity index (χ2v) is 7.71. The molecular formula is C12H16BrClN2O2S. The Labute approximate surface area is 126 Å². The van der Waals surface area contributed by atoms with Crippen molar-refractivity contribution in [1.82, 2.24) is 4.72 Å². The smallest absolute Gasteiger partial charge is 0.242 e. The predicted octanol–water partition coefficient (Wildman–Crippen LogP) is 2.65. The van der Waals surface area contributed by atoms with Crippen LogP contribution in [0, 0.1) is 0 Å². The predicted molar refractivity (Wildman–Crippen MR) is 79.7 cm³/mol. The summed E-state index contributed by atoms with van der Waals surface area (Å²) in [7, 11) is -3.60. The Bertz CT molecular complexity index is 565. The van der Waals surface area contributed by atoms with E-state index in [4.69, 9.17) is 17.3 Å². The second kappa shape index (κ2) is 6.10. The molecule has 19 heavy (non-hydrogen) atoms. The van der Waals surface area contributed by atoms with E-state index in [9.17, 15) is 8.42 Å². The molecule has 0 spiro atoms. The highest BCUT2D eigenvalue weighted by atomic mass is 79.9. The van der Waals surface area contributed by atoms with Crippen LogP contribution in [-0.2, 0) is 10.0 Å². The first-order chi connectivity index (χ1) is 8.90. The first-order valence-electron chi connectivity index (χ1n) is 6.12. The number of hydrogen-bond donors (Lipinski definition) is 2.